The molecule has 0 amide bonds. The molecule has 2 aromatic heterocycles. The van der Waals surface area contributed by atoms with E-state index in [4.69, 9.17) is 0 Å². The van der Waals surface area contributed by atoms with Crippen LogP contribution in [0.15, 0.2) is 41.6 Å². The molecule has 1 saturated carbocycles. The van der Waals surface area contributed by atoms with E-state index >= 15 is 4.39 Å². The van der Waals surface area contributed by atoms with Crippen LogP contribution in [0.5, 0.6) is 5.75 Å². The van der Waals surface area contributed by atoms with E-state index in [9.17, 15) is 9.50 Å². The van der Waals surface area contributed by atoms with Gasteiger partial charge < -0.3 is 15.3 Å². The van der Waals surface area contributed by atoms with Crippen molar-refractivity contribution in [2.24, 2.45) is 0 Å². The fraction of sp³-hybridized carbons (Fsp3) is 0.481. The summed E-state index contributed by atoms with van der Waals surface area (Å²) in [6.45, 7) is 4.17. The van der Waals surface area contributed by atoms with Crippen molar-refractivity contribution >= 4 is 17.6 Å². The van der Waals surface area contributed by atoms with E-state index in [1.54, 1.807) is 30.5 Å². The number of fused-ring (bicyclic) bond motifs is 2. The third-order valence-corrected chi connectivity index (χ3v) is 8.68. The molecule has 2 bridgehead atoms. The van der Waals surface area contributed by atoms with Crippen LogP contribution in [0.2, 0.25) is 0 Å². The number of phenolic OH excluding ortho intramolecular Hbond substituents is 1. The summed E-state index contributed by atoms with van der Waals surface area (Å²) in [4.78, 5) is 10.4. The highest BCUT2D eigenvalue weighted by Gasteiger charge is 2.58. The minimum atomic E-state index is -1.02. The van der Waals surface area contributed by atoms with Gasteiger partial charge in [-0.1, -0.05) is 6.07 Å². The van der Waals surface area contributed by atoms with Crippen LogP contribution in [0.25, 0.3) is 22.5 Å². The summed E-state index contributed by atoms with van der Waals surface area (Å²) in [7, 11) is 0. The molecule has 37 heavy (non-hydrogen) atoms. The van der Waals surface area contributed by atoms with E-state index in [1.165, 1.54) is 17.8 Å². The molecule has 0 unspecified atom stereocenters. The van der Waals surface area contributed by atoms with Gasteiger partial charge in [0.2, 0.25) is 5.95 Å². The van der Waals surface area contributed by atoms with Gasteiger partial charge in [-0.05, 0) is 81.5 Å². The molecule has 3 fully saturated rings. The predicted octanol–water partition coefficient (Wildman–Crippen LogP) is 5.15. The monoisotopic (exact) mass is 524 g/mol. The number of nitrogens with one attached hydrogen (secondary N) is 1. The van der Waals surface area contributed by atoms with Crippen LogP contribution in [0.3, 0.4) is 0 Å². The van der Waals surface area contributed by atoms with E-state index in [-0.39, 0.29) is 29.2 Å². The van der Waals surface area contributed by atoms with Gasteiger partial charge in [0.25, 0.3) is 0 Å². The van der Waals surface area contributed by atoms with Gasteiger partial charge in [0.1, 0.15) is 11.9 Å². The average Bonchev–Trinajstić information content (AvgIpc) is 3.67. The first kappa shape index (κ1) is 24.5. The molecule has 1 aliphatic carbocycles. The number of phenols is 1. The summed E-state index contributed by atoms with van der Waals surface area (Å²) in [6, 6.07) is 8.10. The van der Waals surface area contributed by atoms with Gasteiger partial charge in [-0.3, -0.25) is 0 Å². The SMILES string of the molecule is CSc1cc(-c2ccc(-c3ncc(N(C4CC4)[C@H]4C[C@]5(C)CC[C@@](C)(N5)[C@H]4F)nn3)c(O)c2)cc(F)n1. The van der Waals surface area contributed by atoms with Crippen molar-refractivity contribution in [3.63, 3.8) is 0 Å². The first-order chi connectivity index (χ1) is 17.7. The van der Waals surface area contributed by atoms with Crippen LogP contribution < -0.4 is 10.2 Å². The van der Waals surface area contributed by atoms with Gasteiger partial charge in [0.15, 0.2) is 11.6 Å². The summed E-state index contributed by atoms with van der Waals surface area (Å²) >= 11 is 1.35. The molecule has 10 heteroatoms. The number of piperidine rings is 1. The van der Waals surface area contributed by atoms with Gasteiger partial charge in [0, 0.05) is 23.2 Å². The Labute approximate surface area is 219 Å². The molecule has 3 aromatic rings. The molecule has 2 N–H and O–H groups in total. The fourth-order valence-electron chi connectivity index (χ4n) is 6.07. The third kappa shape index (κ3) is 4.44. The van der Waals surface area contributed by atoms with Crippen LogP contribution in [0.4, 0.5) is 14.6 Å². The highest BCUT2D eigenvalue weighted by molar-refractivity contribution is 7.98. The lowest BCUT2D eigenvalue weighted by Crippen LogP contribution is -2.66. The zero-order valence-corrected chi connectivity index (χ0v) is 21.9. The molecule has 2 saturated heterocycles. The number of halogens is 2. The second kappa shape index (κ2) is 8.87. The third-order valence-electron chi connectivity index (χ3n) is 8.05. The molecule has 2 aliphatic heterocycles. The zero-order chi connectivity index (χ0) is 25.9. The summed E-state index contributed by atoms with van der Waals surface area (Å²) in [5, 5.41) is 23.6. The van der Waals surface area contributed by atoms with Gasteiger partial charge in [-0.2, -0.15) is 4.39 Å². The maximum atomic E-state index is 15.8. The van der Waals surface area contributed by atoms with Gasteiger partial charge in [-0.25, -0.2) is 14.4 Å². The van der Waals surface area contributed by atoms with E-state index in [1.807, 2.05) is 13.2 Å². The van der Waals surface area contributed by atoms with Crippen molar-refractivity contribution < 1.29 is 13.9 Å². The van der Waals surface area contributed by atoms with Crippen LogP contribution in [-0.2, 0) is 0 Å². The van der Waals surface area contributed by atoms with Crippen molar-refractivity contribution in [3.8, 4) is 28.3 Å². The molecule has 6 rings (SSSR count). The van der Waals surface area contributed by atoms with Crippen molar-refractivity contribution in [1.29, 1.82) is 0 Å². The predicted molar refractivity (Wildman–Crippen MR) is 140 cm³/mol. The van der Waals surface area contributed by atoms with Crippen LogP contribution in [0, 0.1) is 5.95 Å². The van der Waals surface area contributed by atoms with Crippen LogP contribution in [0.1, 0.15) is 46.0 Å². The standard InChI is InChI=1S/C27H30F2N6OS/c1-26-8-9-27(2,34-26)24(29)19(13-26)35(17-5-6-17)22-14-30-25(33-32-22)18-7-4-15(10-20(18)36)16-11-21(28)31-23(12-16)37-3/h4,7,10-12,14,17,19,24,34,36H,5-6,8-9,13H2,1-3H3/t19-,24-,26-,27+/m0/s1. The number of nitrogens with zero attached hydrogens (tertiary/aromatic N) is 5. The fourth-order valence-corrected chi connectivity index (χ4v) is 6.50. The molecule has 3 aliphatic rings. The molecule has 0 spiro atoms. The van der Waals surface area contributed by atoms with Crippen LogP contribution >= 0.6 is 11.8 Å². The first-order valence-corrected chi connectivity index (χ1v) is 13.9. The highest BCUT2D eigenvalue weighted by Crippen LogP contribution is 2.47. The number of alkyl halides is 1. The number of thioether (sulfide) groups is 1. The van der Waals surface area contributed by atoms with Crippen molar-refractivity contribution in [2.45, 2.75) is 80.3 Å². The Hall–Kier alpha value is -2.85. The molecular weight excluding hydrogens is 494 g/mol. The maximum absolute atomic E-state index is 15.8. The van der Waals surface area contributed by atoms with Gasteiger partial charge in [0.05, 0.1) is 22.8 Å². The second-order valence-corrected chi connectivity index (χ2v) is 11.8. The summed E-state index contributed by atoms with van der Waals surface area (Å²) in [5.74, 6) is 0.235. The summed E-state index contributed by atoms with van der Waals surface area (Å²) < 4.78 is 29.7. The van der Waals surface area contributed by atoms with Gasteiger partial charge in [-0.15, -0.1) is 22.0 Å². The average molecular weight is 525 g/mol. The molecule has 4 atom stereocenters. The first-order valence-electron chi connectivity index (χ1n) is 12.6. The number of hydrogen-bond donors (Lipinski definition) is 2. The number of benzene rings is 1. The molecule has 1 aromatic carbocycles. The van der Waals surface area contributed by atoms with Gasteiger partial charge >= 0.3 is 0 Å². The number of aromatic nitrogens is 4. The van der Waals surface area contributed by atoms with Crippen molar-refractivity contribution in [1.82, 2.24) is 25.5 Å². The van der Waals surface area contributed by atoms with Crippen molar-refractivity contribution in [3.05, 3.63) is 42.5 Å². The Morgan fingerprint density at radius 3 is 2.59 bits per heavy atom. The zero-order valence-electron chi connectivity index (χ0n) is 21.1. The minimum Gasteiger partial charge on any atom is -0.507 e. The molecular formula is C27H30F2N6OS. The largest absolute Gasteiger partial charge is 0.507 e. The maximum Gasteiger partial charge on any atom is 0.214 e. The molecule has 7 nitrogen and oxygen atoms in total. The number of hydrogen-bond acceptors (Lipinski definition) is 8. The lowest BCUT2D eigenvalue weighted by molar-refractivity contribution is 0.0831. The number of pyridine rings is 1. The van der Waals surface area contributed by atoms with E-state index in [2.05, 4.69) is 37.3 Å². The highest BCUT2D eigenvalue weighted by atomic mass is 32.2. The Kier molecular flexibility index (Phi) is 5.87. The number of anilines is 1. The van der Waals surface area contributed by atoms with E-state index < -0.39 is 17.7 Å². The quantitative estimate of drug-likeness (QED) is 0.338. The second-order valence-electron chi connectivity index (χ2n) is 11.0. The molecule has 0 radical (unpaired) electrons. The summed E-state index contributed by atoms with van der Waals surface area (Å²) in [6.07, 6.45) is 6.94. The van der Waals surface area contributed by atoms with Crippen molar-refractivity contribution in [2.75, 3.05) is 11.2 Å². The number of rotatable bonds is 6. The normalized spacial score (nSPS) is 28.9. The molecule has 194 valence electrons. The Balaban J connectivity index is 1.28. The Bertz CT molecular complexity index is 1340. The van der Waals surface area contributed by atoms with Crippen LogP contribution in [-0.4, -0.2) is 60.9 Å². The summed E-state index contributed by atoms with van der Waals surface area (Å²) in [5.41, 5.74) is 1.07. The lowest BCUT2D eigenvalue weighted by Gasteiger charge is -2.48. The minimum absolute atomic E-state index is 0.0337. The van der Waals surface area contributed by atoms with E-state index in [0.29, 0.717) is 34.0 Å². The van der Waals surface area contributed by atoms with E-state index in [0.717, 1.165) is 25.7 Å². The lowest BCUT2D eigenvalue weighted by atomic mass is 9.82. The Morgan fingerprint density at radius 1 is 1.11 bits per heavy atom. The smallest absolute Gasteiger partial charge is 0.214 e. The Morgan fingerprint density at radius 2 is 1.92 bits per heavy atom. The molecule has 4 heterocycles. The topological polar surface area (TPSA) is 87.1 Å². The number of aromatic hydroxyl groups is 1.